The maximum atomic E-state index is 5.93. The van der Waals surface area contributed by atoms with Crippen molar-refractivity contribution in [3.8, 4) is 5.75 Å². The first-order valence-corrected chi connectivity index (χ1v) is 8.80. The summed E-state index contributed by atoms with van der Waals surface area (Å²) in [5.41, 5.74) is 2.13. The fourth-order valence-corrected chi connectivity index (χ4v) is 2.30. The summed E-state index contributed by atoms with van der Waals surface area (Å²) in [6, 6.07) is 10.00. The number of hydrogen-bond acceptors (Lipinski definition) is 4. The molecule has 0 aliphatic rings. The van der Waals surface area contributed by atoms with E-state index >= 15 is 0 Å². The van der Waals surface area contributed by atoms with Crippen LogP contribution in [0.3, 0.4) is 0 Å². The summed E-state index contributed by atoms with van der Waals surface area (Å²) in [5.74, 6) is 2.37. The number of nitrogens with zero attached hydrogens (tertiary/aromatic N) is 2. The third kappa shape index (κ3) is 7.63. The predicted octanol–water partition coefficient (Wildman–Crippen LogP) is 3.69. The fourth-order valence-electron chi connectivity index (χ4n) is 2.30. The number of aromatic nitrogens is 1. The Morgan fingerprint density at radius 3 is 2.73 bits per heavy atom. The molecule has 6 nitrogen and oxygen atoms in total. The smallest absolute Gasteiger partial charge is 0.191 e. The molecule has 1 heterocycles. The molecular formula is C19H29IN4O2. The normalized spacial score (nSPS) is 12.2. The molecule has 1 unspecified atom stereocenters. The van der Waals surface area contributed by atoms with Crippen LogP contribution in [0.1, 0.15) is 37.8 Å². The molecule has 2 rings (SSSR count). The number of benzene rings is 1. The maximum absolute atomic E-state index is 5.93. The van der Waals surface area contributed by atoms with E-state index in [2.05, 4.69) is 33.8 Å². The van der Waals surface area contributed by atoms with Crippen LogP contribution in [0.4, 0.5) is 0 Å². The molecule has 0 saturated heterocycles. The zero-order chi connectivity index (χ0) is 18.1. The van der Waals surface area contributed by atoms with Gasteiger partial charge in [0.2, 0.25) is 0 Å². The lowest BCUT2D eigenvalue weighted by Crippen LogP contribution is -2.41. The molecule has 7 heteroatoms. The Balaban J connectivity index is 0.00000338. The quantitative estimate of drug-likeness (QED) is 0.349. The van der Waals surface area contributed by atoms with Crippen LogP contribution in [0.15, 0.2) is 39.8 Å². The van der Waals surface area contributed by atoms with Crippen LogP contribution in [-0.4, -0.2) is 30.3 Å². The number of guanidine groups is 1. The third-order valence-electron chi connectivity index (χ3n) is 3.59. The van der Waals surface area contributed by atoms with Crippen LogP contribution in [-0.2, 0) is 13.0 Å². The zero-order valence-electron chi connectivity index (χ0n) is 15.9. The summed E-state index contributed by atoms with van der Waals surface area (Å²) in [4.78, 5) is 4.53. The number of rotatable bonds is 8. The Hall–Kier alpha value is -1.77. The molecule has 0 radical (unpaired) electrons. The summed E-state index contributed by atoms with van der Waals surface area (Å²) in [7, 11) is 0. The maximum Gasteiger partial charge on any atom is 0.191 e. The molecule has 26 heavy (non-hydrogen) atoms. The van der Waals surface area contributed by atoms with Crippen molar-refractivity contribution in [2.45, 2.75) is 46.8 Å². The van der Waals surface area contributed by atoms with Crippen molar-refractivity contribution >= 4 is 29.9 Å². The molecule has 2 aromatic rings. The van der Waals surface area contributed by atoms with Crippen molar-refractivity contribution < 1.29 is 9.26 Å². The highest BCUT2D eigenvalue weighted by Crippen LogP contribution is 2.13. The highest BCUT2D eigenvalue weighted by atomic mass is 127. The highest BCUT2D eigenvalue weighted by Gasteiger charge is 2.07. The number of ether oxygens (including phenoxy) is 1. The monoisotopic (exact) mass is 472 g/mol. The molecule has 0 aliphatic heterocycles. The average molecular weight is 472 g/mol. The van der Waals surface area contributed by atoms with E-state index in [1.165, 1.54) is 5.56 Å². The van der Waals surface area contributed by atoms with Gasteiger partial charge in [0.25, 0.3) is 0 Å². The Kier molecular flexibility index (Phi) is 10.1. The molecule has 144 valence electrons. The SMILES string of the molecule is CCNC(=NCc1cc(CC)no1)NCC(C)Oc1cccc(C)c1.I. The second-order valence-corrected chi connectivity index (χ2v) is 5.96. The third-order valence-corrected chi connectivity index (χ3v) is 3.59. The molecule has 2 N–H and O–H groups in total. The lowest BCUT2D eigenvalue weighted by molar-refractivity contribution is 0.223. The van der Waals surface area contributed by atoms with Crippen LogP contribution in [0.2, 0.25) is 0 Å². The lowest BCUT2D eigenvalue weighted by Gasteiger charge is -2.17. The molecule has 0 aliphatic carbocycles. The van der Waals surface area contributed by atoms with Gasteiger partial charge in [-0.15, -0.1) is 24.0 Å². The van der Waals surface area contributed by atoms with E-state index in [1.807, 2.05) is 45.0 Å². The minimum absolute atomic E-state index is 0. The molecule has 1 aromatic carbocycles. The van der Waals surface area contributed by atoms with Crippen molar-refractivity contribution in [3.05, 3.63) is 47.3 Å². The first-order chi connectivity index (χ1) is 12.1. The van der Waals surface area contributed by atoms with Crippen molar-refractivity contribution in [1.82, 2.24) is 15.8 Å². The van der Waals surface area contributed by atoms with Gasteiger partial charge in [0, 0.05) is 12.6 Å². The van der Waals surface area contributed by atoms with Gasteiger partial charge in [-0.3, -0.25) is 0 Å². The van der Waals surface area contributed by atoms with E-state index in [0.717, 1.165) is 36.1 Å². The van der Waals surface area contributed by atoms with Crippen LogP contribution < -0.4 is 15.4 Å². The molecule has 1 atom stereocenters. The summed E-state index contributed by atoms with van der Waals surface area (Å²) in [6.07, 6.45) is 0.877. The van der Waals surface area contributed by atoms with Crippen LogP contribution >= 0.6 is 24.0 Å². The lowest BCUT2D eigenvalue weighted by atomic mass is 10.2. The van der Waals surface area contributed by atoms with Gasteiger partial charge in [-0.1, -0.05) is 24.2 Å². The first-order valence-electron chi connectivity index (χ1n) is 8.80. The fraction of sp³-hybridized carbons (Fsp3) is 0.474. The van der Waals surface area contributed by atoms with Gasteiger partial charge >= 0.3 is 0 Å². The number of nitrogens with one attached hydrogen (secondary N) is 2. The Labute approximate surface area is 172 Å². The Morgan fingerprint density at radius 1 is 1.27 bits per heavy atom. The van der Waals surface area contributed by atoms with Gasteiger partial charge in [-0.05, 0) is 44.9 Å². The summed E-state index contributed by atoms with van der Waals surface area (Å²) in [6.45, 7) is 10.1. The second-order valence-electron chi connectivity index (χ2n) is 5.96. The molecule has 0 spiro atoms. The van der Waals surface area contributed by atoms with Gasteiger partial charge < -0.3 is 19.9 Å². The minimum atomic E-state index is 0. The molecule has 0 bridgehead atoms. The van der Waals surface area contributed by atoms with Gasteiger partial charge in [-0.25, -0.2) is 4.99 Å². The number of halogens is 1. The van der Waals surface area contributed by atoms with Crippen molar-refractivity contribution in [2.75, 3.05) is 13.1 Å². The van der Waals surface area contributed by atoms with Crippen LogP contribution in [0.5, 0.6) is 5.75 Å². The van der Waals surface area contributed by atoms with Gasteiger partial charge in [0.15, 0.2) is 11.7 Å². The first kappa shape index (κ1) is 22.3. The molecule has 0 fully saturated rings. The van der Waals surface area contributed by atoms with Gasteiger partial charge in [0.05, 0.1) is 12.2 Å². The van der Waals surface area contributed by atoms with Gasteiger partial charge in [-0.2, -0.15) is 0 Å². The van der Waals surface area contributed by atoms with Crippen molar-refractivity contribution in [2.24, 2.45) is 4.99 Å². The number of aryl methyl sites for hydroxylation is 2. The molecular weight excluding hydrogens is 443 g/mol. The summed E-state index contributed by atoms with van der Waals surface area (Å²) >= 11 is 0. The van der Waals surface area contributed by atoms with Crippen molar-refractivity contribution in [1.29, 1.82) is 0 Å². The second kappa shape index (κ2) is 11.8. The topological polar surface area (TPSA) is 71.7 Å². The number of hydrogen-bond donors (Lipinski definition) is 2. The standard InChI is InChI=1S/C19H28N4O2.HI/c1-5-16-11-18(25-23-16)13-22-19(20-6-2)21-12-15(4)24-17-9-7-8-14(3)10-17;/h7-11,15H,5-6,12-13H2,1-4H3,(H2,20,21,22);1H. The van der Waals surface area contributed by atoms with E-state index in [0.29, 0.717) is 13.1 Å². The zero-order valence-corrected chi connectivity index (χ0v) is 18.2. The number of aliphatic imine (C=N–C) groups is 1. The summed E-state index contributed by atoms with van der Waals surface area (Å²) < 4.78 is 11.2. The largest absolute Gasteiger partial charge is 0.489 e. The van der Waals surface area contributed by atoms with E-state index in [1.54, 1.807) is 0 Å². The van der Waals surface area contributed by atoms with E-state index in [-0.39, 0.29) is 30.1 Å². The molecule has 0 saturated carbocycles. The highest BCUT2D eigenvalue weighted by molar-refractivity contribution is 14.0. The Morgan fingerprint density at radius 2 is 2.08 bits per heavy atom. The minimum Gasteiger partial charge on any atom is -0.489 e. The van der Waals surface area contributed by atoms with E-state index in [4.69, 9.17) is 9.26 Å². The van der Waals surface area contributed by atoms with Crippen LogP contribution in [0.25, 0.3) is 0 Å². The summed E-state index contributed by atoms with van der Waals surface area (Å²) in [5, 5.41) is 10.5. The Bertz CT molecular complexity index is 688. The molecule has 1 aromatic heterocycles. The van der Waals surface area contributed by atoms with E-state index in [9.17, 15) is 0 Å². The van der Waals surface area contributed by atoms with Crippen LogP contribution in [0, 0.1) is 6.92 Å². The predicted molar refractivity (Wildman–Crippen MR) is 115 cm³/mol. The average Bonchev–Trinajstić information content (AvgIpc) is 3.05. The van der Waals surface area contributed by atoms with Crippen molar-refractivity contribution in [3.63, 3.8) is 0 Å². The molecule has 0 amide bonds. The van der Waals surface area contributed by atoms with E-state index < -0.39 is 0 Å². The van der Waals surface area contributed by atoms with Gasteiger partial charge in [0.1, 0.15) is 18.4 Å².